The normalized spacial score (nSPS) is 21.0. The smallest absolute Gasteiger partial charge is 0.328 e. The van der Waals surface area contributed by atoms with Gasteiger partial charge in [-0.2, -0.15) is 0 Å². The third-order valence-electron chi connectivity index (χ3n) is 4.07. The van der Waals surface area contributed by atoms with Crippen molar-refractivity contribution in [1.82, 2.24) is 4.90 Å². The SMILES string of the molecule is C=CCC(=O)N1[C@@H](/C=C/C(=O)O)CCC[C@H]1c1ccc(F)c(F)c1. The van der Waals surface area contributed by atoms with E-state index in [-0.39, 0.29) is 12.3 Å². The molecule has 6 heteroatoms. The Hall–Kier alpha value is -2.50. The molecule has 2 rings (SSSR count). The van der Waals surface area contributed by atoms with Crippen molar-refractivity contribution in [2.24, 2.45) is 0 Å². The van der Waals surface area contributed by atoms with Crippen LogP contribution in [0.5, 0.6) is 0 Å². The average molecular weight is 335 g/mol. The molecule has 0 radical (unpaired) electrons. The van der Waals surface area contributed by atoms with Crippen molar-refractivity contribution in [1.29, 1.82) is 0 Å². The second-order valence-electron chi connectivity index (χ2n) is 5.68. The van der Waals surface area contributed by atoms with Crippen LogP contribution in [0, 0.1) is 11.6 Å². The largest absolute Gasteiger partial charge is 0.478 e. The zero-order valence-electron chi connectivity index (χ0n) is 13.1. The maximum atomic E-state index is 13.6. The maximum absolute atomic E-state index is 13.6. The number of piperidine rings is 1. The molecule has 1 saturated heterocycles. The molecule has 1 fully saturated rings. The summed E-state index contributed by atoms with van der Waals surface area (Å²) in [5, 5.41) is 8.82. The molecule has 1 aliphatic rings. The van der Waals surface area contributed by atoms with Crippen molar-refractivity contribution >= 4 is 11.9 Å². The van der Waals surface area contributed by atoms with Crippen molar-refractivity contribution < 1.29 is 23.5 Å². The van der Waals surface area contributed by atoms with Crippen LogP contribution in [0.3, 0.4) is 0 Å². The van der Waals surface area contributed by atoms with Crippen molar-refractivity contribution in [2.45, 2.75) is 37.8 Å². The van der Waals surface area contributed by atoms with Gasteiger partial charge in [-0.1, -0.05) is 18.2 Å². The first-order chi connectivity index (χ1) is 11.4. The number of nitrogens with zero attached hydrogens (tertiary/aromatic N) is 1. The number of aliphatic carboxylic acids is 1. The molecular weight excluding hydrogens is 316 g/mol. The zero-order valence-corrected chi connectivity index (χ0v) is 13.1. The molecule has 1 heterocycles. The van der Waals surface area contributed by atoms with E-state index < -0.39 is 29.7 Å². The number of benzene rings is 1. The number of carbonyl (C=O) groups excluding carboxylic acids is 1. The van der Waals surface area contributed by atoms with E-state index >= 15 is 0 Å². The van der Waals surface area contributed by atoms with Gasteiger partial charge < -0.3 is 10.0 Å². The topological polar surface area (TPSA) is 57.6 Å². The van der Waals surface area contributed by atoms with Gasteiger partial charge in [0, 0.05) is 12.5 Å². The number of amides is 1. The minimum atomic E-state index is -1.10. The highest BCUT2D eigenvalue weighted by molar-refractivity contribution is 5.81. The van der Waals surface area contributed by atoms with Crippen LogP contribution < -0.4 is 0 Å². The quantitative estimate of drug-likeness (QED) is 0.661. The predicted octanol–water partition coefficient (Wildman–Crippen LogP) is 3.60. The number of carbonyl (C=O) groups is 2. The van der Waals surface area contributed by atoms with Gasteiger partial charge in [-0.05, 0) is 37.0 Å². The number of hydrogen-bond acceptors (Lipinski definition) is 2. The summed E-state index contributed by atoms with van der Waals surface area (Å²) >= 11 is 0. The highest BCUT2D eigenvalue weighted by atomic mass is 19.2. The Morgan fingerprint density at radius 1 is 1.29 bits per heavy atom. The van der Waals surface area contributed by atoms with Crippen LogP contribution in [0.25, 0.3) is 0 Å². The molecule has 1 aliphatic heterocycles. The Labute approximate surface area is 139 Å². The van der Waals surface area contributed by atoms with E-state index in [1.165, 1.54) is 18.2 Å². The van der Waals surface area contributed by atoms with E-state index in [2.05, 4.69) is 6.58 Å². The summed E-state index contributed by atoms with van der Waals surface area (Å²) in [7, 11) is 0. The van der Waals surface area contributed by atoms with Gasteiger partial charge in [-0.15, -0.1) is 6.58 Å². The standard InChI is InChI=1S/C18H19F2NO3/c1-2-4-17(22)21-13(8-10-18(23)24)5-3-6-16(21)12-7-9-14(19)15(20)11-12/h2,7-11,13,16H,1,3-6H2,(H,23,24)/b10-8+/t13-,16+/m1/s1. The van der Waals surface area contributed by atoms with Crippen LogP contribution in [-0.4, -0.2) is 27.9 Å². The summed E-state index contributed by atoms with van der Waals surface area (Å²) in [5.74, 6) is -3.23. The first kappa shape index (κ1) is 17.8. The summed E-state index contributed by atoms with van der Waals surface area (Å²) in [6.07, 6.45) is 6.00. The summed E-state index contributed by atoms with van der Waals surface area (Å²) in [6.45, 7) is 3.55. The van der Waals surface area contributed by atoms with Gasteiger partial charge in [0.05, 0.1) is 12.1 Å². The second kappa shape index (κ2) is 7.86. The van der Waals surface area contributed by atoms with E-state index in [0.29, 0.717) is 18.4 Å². The zero-order chi connectivity index (χ0) is 17.7. The minimum Gasteiger partial charge on any atom is -0.478 e. The summed E-state index contributed by atoms with van der Waals surface area (Å²) in [4.78, 5) is 24.8. The first-order valence-electron chi connectivity index (χ1n) is 7.72. The lowest BCUT2D eigenvalue weighted by Gasteiger charge is -2.41. The van der Waals surface area contributed by atoms with Gasteiger partial charge in [-0.25, -0.2) is 13.6 Å². The second-order valence-corrected chi connectivity index (χ2v) is 5.68. The molecular formula is C18H19F2NO3. The Balaban J connectivity index is 2.38. The predicted molar refractivity (Wildman–Crippen MR) is 85.2 cm³/mol. The van der Waals surface area contributed by atoms with Gasteiger partial charge in [-0.3, -0.25) is 4.79 Å². The van der Waals surface area contributed by atoms with E-state index in [1.807, 2.05) is 0 Å². The van der Waals surface area contributed by atoms with Gasteiger partial charge in [0.2, 0.25) is 5.91 Å². The van der Waals surface area contributed by atoms with Gasteiger partial charge in [0.25, 0.3) is 0 Å². The van der Waals surface area contributed by atoms with Gasteiger partial charge >= 0.3 is 5.97 Å². The number of likely N-dealkylation sites (tertiary alicyclic amines) is 1. The summed E-state index contributed by atoms with van der Waals surface area (Å²) in [6, 6.07) is 2.76. The third kappa shape index (κ3) is 4.07. The molecule has 0 bridgehead atoms. The molecule has 0 aliphatic carbocycles. The first-order valence-corrected chi connectivity index (χ1v) is 7.72. The van der Waals surface area contributed by atoms with E-state index in [4.69, 9.17) is 5.11 Å². The fraction of sp³-hybridized carbons (Fsp3) is 0.333. The Morgan fingerprint density at radius 3 is 2.67 bits per heavy atom. The molecule has 0 aromatic heterocycles. The third-order valence-corrected chi connectivity index (χ3v) is 4.07. The van der Waals surface area contributed by atoms with Crippen molar-refractivity contribution in [3.8, 4) is 0 Å². The fourth-order valence-electron chi connectivity index (χ4n) is 3.05. The van der Waals surface area contributed by atoms with Crippen LogP contribution >= 0.6 is 0 Å². The van der Waals surface area contributed by atoms with Gasteiger partial charge in [0.15, 0.2) is 11.6 Å². The molecule has 4 nitrogen and oxygen atoms in total. The number of hydrogen-bond donors (Lipinski definition) is 1. The highest BCUT2D eigenvalue weighted by Crippen LogP contribution is 2.36. The molecule has 128 valence electrons. The molecule has 1 aromatic rings. The Kier molecular flexibility index (Phi) is 5.84. The van der Waals surface area contributed by atoms with Crippen LogP contribution in [0.1, 0.15) is 37.3 Å². The lowest BCUT2D eigenvalue weighted by Crippen LogP contribution is -2.44. The van der Waals surface area contributed by atoms with Crippen LogP contribution in [0.15, 0.2) is 43.0 Å². The number of halogens is 2. The van der Waals surface area contributed by atoms with Crippen molar-refractivity contribution in [3.63, 3.8) is 0 Å². The van der Waals surface area contributed by atoms with Crippen LogP contribution in [0.4, 0.5) is 8.78 Å². The molecule has 2 atom stereocenters. The van der Waals surface area contributed by atoms with E-state index in [9.17, 15) is 18.4 Å². The van der Waals surface area contributed by atoms with Crippen LogP contribution in [0.2, 0.25) is 0 Å². The monoisotopic (exact) mass is 335 g/mol. The van der Waals surface area contributed by atoms with Crippen LogP contribution in [-0.2, 0) is 9.59 Å². The molecule has 0 unspecified atom stereocenters. The highest BCUT2D eigenvalue weighted by Gasteiger charge is 2.33. The molecule has 1 aromatic carbocycles. The van der Waals surface area contributed by atoms with Gasteiger partial charge in [0.1, 0.15) is 0 Å². The molecule has 1 amide bonds. The molecule has 0 spiro atoms. The summed E-state index contributed by atoms with van der Waals surface area (Å²) in [5.41, 5.74) is 0.500. The number of carboxylic acid groups (broad SMARTS) is 1. The number of rotatable bonds is 5. The summed E-state index contributed by atoms with van der Waals surface area (Å²) < 4.78 is 26.8. The lowest BCUT2D eigenvalue weighted by molar-refractivity contribution is -0.136. The molecule has 24 heavy (non-hydrogen) atoms. The van der Waals surface area contributed by atoms with E-state index in [1.54, 1.807) is 4.90 Å². The fourth-order valence-corrected chi connectivity index (χ4v) is 3.05. The average Bonchev–Trinajstić information content (AvgIpc) is 2.55. The Bertz CT molecular complexity index is 672. The van der Waals surface area contributed by atoms with E-state index in [0.717, 1.165) is 24.6 Å². The maximum Gasteiger partial charge on any atom is 0.328 e. The van der Waals surface area contributed by atoms with Crippen molar-refractivity contribution in [2.75, 3.05) is 0 Å². The van der Waals surface area contributed by atoms with Crippen molar-refractivity contribution in [3.05, 3.63) is 60.2 Å². The molecule has 0 saturated carbocycles. The molecule has 1 N–H and O–H groups in total. The lowest BCUT2D eigenvalue weighted by atomic mass is 9.90. The minimum absolute atomic E-state index is 0.0948. The Morgan fingerprint density at radius 2 is 2.04 bits per heavy atom. The number of carboxylic acids is 1.